The van der Waals surface area contributed by atoms with Crippen LogP contribution < -0.4 is 0 Å². The van der Waals surface area contributed by atoms with Gasteiger partial charge in [0.2, 0.25) is 0 Å². The van der Waals surface area contributed by atoms with Gasteiger partial charge in [0.15, 0.2) is 0 Å². The predicted molar refractivity (Wildman–Crippen MR) is 53.5 cm³/mol. The van der Waals surface area contributed by atoms with Crippen molar-refractivity contribution >= 4 is 37.8 Å². The highest BCUT2D eigenvalue weighted by molar-refractivity contribution is 9.11. The molecule has 0 fully saturated rings. The van der Waals surface area contributed by atoms with Gasteiger partial charge in [-0.2, -0.15) is 0 Å². The third-order valence-corrected chi connectivity index (χ3v) is 3.43. The maximum Gasteiger partial charge on any atom is 0.339 e. The molecule has 0 bridgehead atoms. The van der Waals surface area contributed by atoms with E-state index in [0.717, 1.165) is 6.07 Å². The Morgan fingerprint density at radius 2 is 2.08 bits per heavy atom. The van der Waals surface area contributed by atoms with Gasteiger partial charge in [-0.3, -0.25) is 0 Å². The minimum Gasteiger partial charge on any atom is -0.478 e. The van der Waals surface area contributed by atoms with E-state index in [-0.39, 0.29) is 10.0 Å². The summed E-state index contributed by atoms with van der Waals surface area (Å²) >= 11 is 6.15. The molecular weight excluding hydrogens is 307 g/mol. The van der Waals surface area contributed by atoms with E-state index in [1.807, 2.05) is 0 Å². The smallest absolute Gasteiger partial charge is 0.339 e. The first kappa shape index (κ1) is 10.7. The van der Waals surface area contributed by atoms with E-state index < -0.39 is 11.8 Å². The normalized spacial score (nSPS) is 10.2. The molecule has 0 aliphatic heterocycles. The molecule has 70 valence electrons. The van der Waals surface area contributed by atoms with Crippen LogP contribution in [0, 0.1) is 12.7 Å². The van der Waals surface area contributed by atoms with Crippen molar-refractivity contribution in [1.29, 1.82) is 0 Å². The summed E-state index contributed by atoms with van der Waals surface area (Å²) in [5, 5.41) is 8.68. The minimum absolute atomic E-state index is 0.270. The molecule has 1 N–H and O–H groups in total. The summed E-state index contributed by atoms with van der Waals surface area (Å²) in [4.78, 5) is 10.6. The van der Waals surface area contributed by atoms with Gasteiger partial charge < -0.3 is 5.11 Å². The van der Waals surface area contributed by atoms with E-state index in [4.69, 9.17) is 5.11 Å². The predicted octanol–water partition coefficient (Wildman–Crippen LogP) is 3.36. The first-order chi connectivity index (χ1) is 5.95. The van der Waals surface area contributed by atoms with Gasteiger partial charge in [0, 0.05) is 8.95 Å². The standard InChI is InChI=1S/C8H5Br2FO2/c1-3-4(9)2-5(11)6(7(3)10)8(12)13/h2H,1H3,(H,12,13). The molecule has 0 aromatic heterocycles. The van der Waals surface area contributed by atoms with E-state index in [1.165, 1.54) is 0 Å². The molecule has 0 aliphatic rings. The Morgan fingerprint density at radius 1 is 1.54 bits per heavy atom. The summed E-state index contributed by atoms with van der Waals surface area (Å²) in [5.74, 6) is -2.03. The Morgan fingerprint density at radius 3 is 2.54 bits per heavy atom. The van der Waals surface area contributed by atoms with E-state index >= 15 is 0 Å². The third kappa shape index (κ3) is 1.91. The second-order valence-electron chi connectivity index (χ2n) is 2.46. The monoisotopic (exact) mass is 310 g/mol. The summed E-state index contributed by atoms with van der Waals surface area (Å²) in [6.45, 7) is 1.69. The Labute approximate surface area is 91.0 Å². The molecule has 0 aliphatic carbocycles. The molecule has 0 saturated carbocycles. The first-order valence-electron chi connectivity index (χ1n) is 3.32. The molecule has 1 rings (SSSR count). The number of carboxylic acids is 1. The molecule has 5 heteroatoms. The number of halogens is 3. The Balaban J connectivity index is 3.53. The van der Waals surface area contributed by atoms with Gasteiger partial charge in [0.25, 0.3) is 0 Å². The minimum atomic E-state index is -1.28. The lowest BCUT2D eigenvalue weighted by molar-refractivity contribution is 0.0690. The topological polar surface area (TPSA) is 37.3 Å². The van der Waals surface area contributed by atoms with Crippen molar-refractivity contribution in [2.75, 3.05) is 0 Å². The molecule has 1 aromatic rings. The molecule has 0 radical (unpaired) electrons. The SMILES string of the molecule is Cc1c(Br)cc(F)c(C(=O)O)c1Br. The molecule has 13 heavy (non-hydrogen) atoms. The highest BCUT2D eigenvalue weighted by Crippen LogP contribution is 2.30. The lowest BCUT2D eigenvalue weighted by atomic mass is 10.1. The van der Waals surface area contributed by atoms with Crippen LogP contribution in [0.25, 0.3) is 0 Å². The third-order valence-electron chi connectivity index (χ3n) is 1.61. The zero-order valence-electron chi connectivity index (χ0n) is 6.57. The lowest BCUT2D eigenvalue weighted by Gasteiger charge is -2.06. The fraction of sp³-hybridized carbons (Fsp3) is 0.125. The van der Waals surface area contributed by atoms with Gasteiger partial charge in [-0.1, -0.05) is 15.9 Å². The van der Waals surface area contributed by atoms with Crippen LogP contribution in [0.5, 0.6) is 0 Å². The number of rotatable bonds is 1. The van der Waals surface area contributed by atoms with Crippen LogP contribution in [0.4, 0.5) is 4.39 Å². The quantitative estimate of drug-likeness (QED) is 0.863. The number of aromatic carboxylic acids is 1. The van der Waals surface area contributed by atoms with Gasteiger partial charge in [-0.15, -0.1) is 0 Å². The average molecular weight is 312 g/mol. The molecule has 2 nitrogen and oxygen atoms in total. The zero-order valence-corrected chi connectivity index (χ0v) is 9.74. The fourth-order valence-electron chi connectivity index (χ4n) is 0.885. The molecule has 1 aromatic carbocycles. The van der Waals surface area contributed by atoms with E-state index in [2.05, 4.69) is 31.9 Å². The number of hydrogen-bond donors (Lipinski definition) is 1. The molecule has 0 atom stereocenters. The van der Waals surface area contributed by atoms with Crippen LogP contribution >= 0.6 is 31.9 Å². The van der Waals surface area contributed by atoms with Crippen LogP contribution in [0.2, 0.25) is 0 Å². The van der Waals surface area contributed by atoms with Gasteiger partial charge in [0.1, 0.15) is 11.4 Å². The number of carbonyl (C=O) groups is 1. The van der Waals surface area contributed by atoms with Crippen LogP contribution in [0.3, 0.4) is 0 Å². The van der Waals surface area contributed by atoms with Gasteiger partial charge in [-0.05, 0) is 34.5 Å². The molecule has 0 heterocycles. The Hall–Kier alpha value is -0.420. The Kier molecular flexibility index (Phi) is 3.08. The second kappa shape index (κ2) is 3.75. The van der Waals surface area contributed by atoms with E-state index in [1.54, 1.807) is 6.92 Å². The maximum absolute atomic E-state index is 13.1. The van der Waals surface area contributed by atoms with Crippen LogP contribution in [-0.2, 0) is 0 Å². The highest BCUT2D eigenvalue weighted by atomic mass is 79.9. The van der Waals surface area contributed by atoms with Gasteiger partial charge in [-0.25, -0.2) is 9.18 Å². The van der Waals surface area contributed by atoms with Crippen molar-refractivity contribution in [2.24, 2.45) is 0 Å². The van der Waals surface area contributed by atoms with Crippen molar-refractivity contribution in [1.82, 2.24) is 0 Å². The van der Waals surface area contributed by atoms with Crippen LogP contribution in [0.15, 0.2) is 15.0 Å². The molecule has 0 saturated heterocycles. The van der Waals surface area contributed by atoms with E-state index in [0.29, 0.717) is 10.0 Å². The molecular formula is C8H5Br2FO2. The molecule has 0 spiro atoms. The molecule has 0 unspecified atom stereocenters. The zero-order chi connectivity index (χ0) is 10.2. The highest BCUT2D eigenvalue weighted by Gasteiger charge is 2.18. The van der Waals surface area contributed by atoms with Crippen molar-refractivity contribution in [3.63, 3.8) is 0 Å². The first-order valence-corrected chi connectivity index (χ1v) is 4.91. The molecule has 0 amide bonds. The van der Waals surface area contributed by atoms with Crippen LogP contribution in [-0.4, -0.2) is 11.1 Å². The Bertz CT molecular complexity index is 377. The van der Waals surface area contributed by atoms with Crippen molar-refractivity contribution in [3.8, 4) is 0 Å². The van der Waals surface area contributed by atoms with Crippen molar-refractivity contribution in [2.45, 2.75) is 6.92 Å². The van der Waals surface area contributed by atoms with Gasteiger partial charge in [0.05, 0.1) is 0 Å². The largest absolute Gasteiger partial charge is 0.478 e. The number of carboxylic acid groups (broad SMARTS) is 1. The number of hydrogen-bond acceptors (Lipinski definition) is 1. The fourth-order valence-corrected chi connectivity index (χ4v) is 2.12. The summed E-state index contributed by atoms with van der Waals surface area (Å²) in [6, 6.07) is 1.14. The summed E-state index contributed by atoms with van der Waals surface area (Å²) in [5.41, 5.74) is 0.333. The van der Waals surface area contributed by atoms with Crippen molar-refractivity contribution in [3.05, 3.63) is 32.0 Å². The summed E-state index contributed by atoms with van der Waals surface area (Å²) in [6.07, 6.45) is 0. The average Bonchev–Trinajstić information content (AvgIpc) is 1.99. The van der Waals surface area contributed by atoms with Crippen molar-refractivity contribution < 1.29 is 14.3 Å². The summed E-state index contributed by atoms with van der Waals surface area (Å²) in [7, 11) is 0. The lowest BCUT2D eigenvalue weighted by Crippen LogP contribution is -2.03. The van der Waals surface area contributed by atoms with Crippen LogP contribution in [0.1, 0.15) is 15.9 Å². The maximum atomic E-state index is 13.1. The second-order valence-corrected chi connectivity index (χ2v) is 4.11. The summed E-state index contributed by atoms with van der Waals surface area (Å²) < 4.78 is 13.9. The number of benzene rings is 1. The van der Waals surface area contributed by atoms with Gasteiger partial charge >= 0.3 is 5.97 Å². The van der Waals surface area contributed by atoms with E-state index in [9.17, 15) is 9.18 Å².